The zero-order valence-corrected chi connectivity index (χ0v) is 9.33. The van der Waals surface area contributed by atoms with Crippen LogP contribution in [0.2, 0.25) is 0 Å². The second-order valence-electron chi connectivity index (χ2n) is 3.67. The molecule has 1 N–H and O–H groups in total. The van der Waals surface area contributed by atoms with Crippen molar-refractivity contribution in [3.63, 3.8) is 0 Å². The zero-order valence-electron chi connectivity index (χ0n) is 8.52. The van der Waals surface area contributed by atoms with E-state index in [-0.39, 0.29) is 5.92 Å². The number of nitrogens with one attached hydrogen (secondary N) is 1. The van der Waals surface area contributed by atoms with Gasteiger partial charge >= 0.3 is 0 Å². The van der Waals surface area contributed by atoms with Gasteiger partial charge in [0.25, 0.3) is 0 Å². The summed E-state index contributed by atoms with van der Waals surface area (Å²) in [7, 11) is 0. The van der Waals surface area contributed by atoms with Crippen molar-refractivity contribution >= 4 is 11.8 Å². The van der Waals surface area contributed by atoms with Crippen molar-refractivity contribution in [1.82, 2.24) is 5.32 Å². The molecule has 0 amide bonds. The average molecular weight is 229 g/mol. The van der Waals surface area contributed by atoms with Crippen molar-refractivity contribution in [1.29, 1.82) is 0 Å². The van der Waals surface area contributed by atoms with Crippen LogP contribution in [0.25, 0.3) is 0 Å². The third-order valence-corrected chi connectivity index (χ3v) is 3.55. The first-order valence-corrected chi connectivity index (χ1v) is 6.19. The Morgan fingerprint density at radius 1 is 1.33 bits per heavy atom. The van der Waals surface area contributed by atoms with E-state index in [1.807, 2.05) is 0 Å². The summed E-state index contributed by atoms with van der Waals surface area (Å²) in [5.74, 6) is -1.25. The van der Waals surface area contributed by atoms with Crippen LogP contribution < -0.4 is 5.32 Å². The first kappa shape index (κ1) is 10.9. The highest BCUT2D eigenvalue weighted by atomic mass is 32.2. The Labute approximate surface area is 92.3 Å². The molecule has 2 rings (SSSR count). The molecule has 1 aromatic rings. The maximum Gasteiger partial charge on any atom is 0.172 e. The van der Waals surface area contributed by atoms with E-state index in [1.165, 1.54) is 11.8 Å². The predicted octanol–water partition coefficient (Wildman–Crippen LogP) is 2.76. The minimum atomic E-state index is -0.702. The van der Waals surface area contributed by atoms with Crippen LogP contribution in [0.3, 0.4) is 0 Å². The van der Waals surface area contributed by atoms with E-state index >= 15 is 0 Å². The van der Waals surface area contributed by atoms with E-state index in [9.17, 15) is 8.78 Å². The normalized spacial score (nSPS) is 20.9. The number of halogens is 2. The predicted molar refractivity (Wildman–Crippen MR) is 58.4 cm³/mol. The van der Waals surface area contributed by atoms with Gasteiger partial charge in [0.1, 0.15) is 0 Å². The number of rotatable bonds is 2. The summed E-state index contributed by atoms with van der Waals surface area (Å²) in [6.45, 7) is 1.63. The molecular formula is C11H13F2NS. The molecule has 0 spiro atoms. The van der Waals surface area contributed by atoms with Crippen LogP contribution in [0, 0.1) is 11.6 Å². The quantitative estimate of drug-likeness (QED) is 0.783. The molecule has 1 aliphatic heterocycles. The van der Waals surface area contributed by atoms with Crippen LogP contribution in [0.4, 0.5) is 8.78 Å². The zero-order chi connectivity index (χ0) is 10.8. The van der Waals surface area contributed by atoms with Gasteiger partial charge in [-0.15, -0.1) is 11.8 Å². The molecule has 0 bridgehead atoms. The Morgan fingerprint density at radius 3 is 2.73 bits per heavy atom. The Balaban J connectivity index is 2.36. The largest absolute Gasteiger partial charge is 0.316 e. The minimum Gasteiger partial charge on any atom is -0.316 e. The van der Waals surface area contributed by atoms with E-state index in [0.29, 0.717) is 10.5 Å². The third-order valence-electron chi connectivity index (χ3n) is 2.80. The third kappa shape index (κ3) is 2.01. The molecule has 1 heterocycles. The molecule has 4 heteroatoms. The molecular weight excluding hydrogens is 216 g/mol. The fourth-order valence-electron chi connectivity index (χ4n) is 1.94. The van der Waals surface area contributed by atoms with Crippen LogP contribution >= 0.6 is 11.8 Å². The molecule has 15 heavy (non-hydrogen) atoms. The summed E-state index contributed by atoms with van der Waals surface area (Å²) < 4.78 is 27.2. The Morgan fingerprint density at radius 2 is 2.13 bits per heavy atom. The highest BCUT2D eigenvalue weighted by Crippen LogP contribution is 2.30. The summed E-state index contributed by atoms with van der Waals surface area (Å²) in [6.07, 6.45) is 2.63. The fourth-order valence-corrected chi connectivity index (χ4v) is 2.41. The second kappa shape index (κ2) is 4.49. The molecule has 0 saturated carbocycles. The maximum absolute atomic E-state index is 13.7. The molecule has 0 radical (unpaired) electrons. The SMILES string of the molecule is CSc1ccc(C2CCNC2)c(F)c1F. The summed E-state index contributed by atoms with van der Waals surface area (Å²) in [4.78, 5) is 0.377. The van der Waals surface area contributed by atoms with Gasteiger partial charge in [0.2, 0.25) is 0 Å². The number of hydrogen-bond acceptors (Lipinski definition) is 2. The Hall–Kier alpha value is -0.610. The first-order chi connectivity index (χ1) is 7.24. The molecule has 1 aliphatic rings. The standard InChI is InChI=1S/C11H13F2NS/c1-15-9-3-2-8(10(12)11(9)13)7-4-5-14-6-7/h2-3,7,14H,4-6H2,1H3. The van der Waals surface area contributed by atoms with E-state index in [0.717, 1.165) is 19.5 Å². The van der Waals surface area contributed by atoms with Gasteiger partial charge in [0.05, 0.1) is 0 Å². The topological polar surface area (TPSA) is 12.0 Å². The second-order valence-corrected chi connectivity index (χ2v) is 4.52. The summed E-state index contributed by atoms with van der Waals surface area (Å²) in [6, 6.07) is 3.37. The smallest absolute Gasteiger partial charge is 0.172 e. The van der Waals surface area contributed by atoms with Crippen LogP contribution in [0.5, 0.6) is 0 Å². The monoisotopic (exact) mass is 229 g/mol. The van der Waals surface area contributed by atoms with Gasteiger partial charge in [-0.1, -0.05) is 6.07 Å². The van der Waals surface area contributed by atoms with Crippen molar-refractivity contribution in [3.8, 4) is 0 Å². The van der Waals surface area contributed by atoms with Gasteiger partial charge in [-0.05, 0) is 30.9 Å². The van der Waals surface area contributed by atoms with Gasteiger partial charge in [-0.2, -0.15) is 0 Å². The van der Waals surface area contributed by atoms with E-state index < -0.39 is 11.6 Å². The fraction of sp³-hybridized carbons (Fsp3) is 0.455. The molecule has 0 aliphatic carbocycles. The average Bonchev–Trinajstić information content (AvgIpc) is 2.75. The molecule has 82 valence electrons. The highest BCUT2D eigenvalue weighted by Gasteiger charge is 2.22. The lowest BCUT2D eigenvalue weighted by Crippen LogP contribution is -2.09. The van der Waals surface area contributed by atoms with E-state index in [4.69, 9.17) is 0 Å². The van der Waals surface area contributed by atoms with Crippen LogP contribution in [0.1, 0.15) is 17.9 Å². The van der Waals surface area contributed by atoms with E-state index in [2.05, 4.69) is 5.32 Å². The first-order valence-electron chi connectivity index (χ1n) is 4.96. The molecule has 1 nitrogen and oxygen atoms in total. The van der Waals surface area contributed by atoms with Crippen molar-refractivity contribution < 1.29 is 8.78 Å². The number of hydrogen-bond donors (Lipinski definition) is 1. The van der Waals surface area contributed by atoms with Crippen LogP contribution in [-0.4, -0.2) is 19.3 Å². The maximum atomic E-state index is 13.7. The number of thioether (sulfide) groups is 1. The van der Waals surface area contributed by atoms with Gasteiger partial charge in [-0.25, -0.2) is 8.78 Å². The molecule has 0 aromatic heterocycles. The Kier molecular flexibility index (Phi) is 3.26. The summed E-state index contributed by atoms with van der Waals surface area (Å²) >= 11 is 1.23. The molecule has 1 saturated heterocycles. The molecule has 1 atom stereocenters. The lowest BCUT2D eigenvalue weighted by molar-refractivity contribution is 0.475. The molecule has 1 fully saturated rings. The van der Waals surface area contributed by atoms with Gasteiger partial charge in [0, 0.05) is 17.4 Å². The summed E-state index contributed by atoms with van der Waals surface area (Å²) in [5, 5.41) is 3.15. The van der Waals surface area contributed by atoms with E-state index in [1.54, 1.807) is 18.4 Å². The molecule has 1 aromatic carbocycles. The van der Waals surface area contributed by atoms with Crippen molar-refractivity contribution in [2.45, 2.75) is 17.2 Å². The van der Waals surface area contributed by atoms with Gasteiger partial charge < -0.3 is 5.32 Å². The van der Waals surface area contributed by atoms with Crippen molar-refractivity contribution in [2.24, 2.45) is 0 Å². The number of benzene rings is 1. The van der Waals surface area contributed by atoms with Gasteiger partial charge in [0.15, 0.2) is 11.6 Å². The van der Waals surface area contributed by atoms with Crippen LogP contribution in [-0.2, 0) is 0 Å². The van der Waals surface area contributed by atoms with Crippen LogP contribution in [0.15, 0.2) is 17.0 Å². The van der Waals surface area contributed by atoms with Crippen molar-refractivity contribution in [2.75, 3.05) is 19.3 Å². The summed E-state index contributed by atoms with van der Waals surface area (Å²) in [5.41, 5.74) is 0.510. The highest BCUT2D eigenvalue weighted by molar-refractivity contribution is 7.98. The lowest BCUT2D eigenvalue weighted by Gasteiger charge is -2.11. The van der Waals surface area contributed by atoms with Crippen molar-refractivity contribution in [3.05, 3.63) is 29.3 Å². The van der Waals surface area contributed by atoms with Gasteiger partial charge in [-0.3, -0.25) is 0 Å². The molecule has 1 unspecified atom stereocenters. The minimum absolute atomic E-state index is 0.121. The Bertz CT molecular complexity index is 362. The lowest BCUT2D eigenvalue weighted by atomic mass is 9.98.